The zero-order valence-corrected chi connectivity index (χ0v) is 12.0. The highest BCUT2D eigenvalue weighted by atomic mass is 16.5. The van der Waals surface area contributed by atoms with Crippen LogP contribution in [0.1, 0.15) is 34.1 Å². The molecule has 0 aromatic heterocycles. The van der Waals surface area contributed by atoms with Crippen molar-refractivity contribution in [1.29, 1.82) is 0 Å². The molecule has 3 heteroatoms. The van der Waals surface area contributed by atoms with Crippen molar-refractivity contribution in [1.82, 2.24) is 10.2 Å². The van der Waals surface area contributed by atoms with E-state index in [0.29, 0.717) is 6.04 Å². The lowest BCUT2D eigenvalue weighted by Gasteiger charge is -2.28. The Morgan fingerprint density at radius 1 is 1.29 bits per heavy atom. The molecule has 0 spiro atoms. The first-order valence-electron chi connectivity index (χ1n) is 7.12. The molecule has 0 aliphatic carbocycles. The largest absolute Gasteiger partial charge is 0.381 e. The van der Waals surface area contributed by atoms with Gasteiger partial charge in [0.05, 0.1) is 6.61 Å². The Bertz CT molecular complexity index is 189. The summed E-state index contributed by atoms with van der Waals surface area (Å²) in [6.45, 7) is 15.6. The lowest BCUT2D eigenvalue weighted by Crippen LogP contribution is -2.40. The molecule has 0 aromatic rings. The van der Waals surface area contributed by atoms with Gasteiger partial charge in [0.2, 0.25) is 0 Å². The number of hydrogen-bond donors (Lipinski definition) is 1. The zero-order chi connectivity index (χ0) is 12.7. The maximum absolute atomic E-state index is 5.38. The molecule has 1 aliphatic heterocycles. The summed E-state index contributed by atoms with van der Waals surface area (Å²) < 4.78 is 5.38. The van der Waals surface area contributed by atoms with Crippen LogP contribution in [0.25, 0.3) is 0 Å². The van der Waals surface area contributed by atoms with E-state index < -0.39 is 0 Å². The van der Waals surface area contributed by atoms with E-state index in [0.717, 1.165) is 44.7 Å². The molecule has 0 radical (unpaired) electrons. The molecule has 17 heavy (non-hydrogen) atoms. The Kier molecular flexibility index (Phi) is 7.09. The lowest BCUT2D eigenvalue weighted by atomic mass is 10.1. The molecule has 1 aliphatic rings. The minimum Gasteiger partial charge on any atom is -0.381 e. The number of hydrogen-bond acceptors (Lipinski definition) is 3. The average Bonchev–Trinajstić information content (AvgIpc) is 2.74. The topological polar surface area (TPSA) is 24.5 Å². The van der Waals surface area contributed by atoms with Crippen molar-refractivity contribution in [2.45, 2.75) is 40.2 Å². The maximum Gasteiger partial charge on any atom is 0.0507 e. The van der Waals surface area contributed by atoms with Gasteiger partial charge in [0, 0.05) is 38.8 Å². The van der Waals surface area contributed by atoms with Crippen molar-refractivity contribution in [3.8, 4) is 0 Å². The Labute approximate surface area is 107 Å². The fourth-order valence-electron chi connectivity index (χ4n) is 2.30. The Morgan fingerprint density at radius 3 is 2.59 bits per heavy atom. The van der Waals surface area contributed by atoms with Gasteiger partial charge >= 0.3 is 0 Å². The smallest absolute Gasteiger partial charge is 0.0507 e. The van der Waals surface area contributed by atoms with E-state index >= 15 is 0 Å². The lowest BCUT2D eigenvalue weighted by molar-refractivity contribution is 0.182. The molecule has 0 bridgehead atoms. The van der Waals surface area contributed by atoms with Crippen LogP contribution in [0.15, 0.2) is 0 Å². The van der Waals surface area contributed by atoms with Crippen molar-refractivity contribution in [2.75, 3.05) is 39.4 Å². The Morgan fingerprint density at radius 2 is 2.06 bits per heavy atom. The minimum atomic E-state index is 0.647. The van der Waals surface area contributed by atoms with Gasteiger partial charge in [-0.2, -0.15) is 0 Å². The van der Waals surface area contributed by atoms with Crippen LogP contribution in [0.4, 0.5) is 0 Å². The predicted octanol–water partition coefficient (Wildman–Crippen LogP) is 1.98. The molecule has 102 valence electrons. The molecule has 0 amide bonds. The summed E-state index contributed by atoms with van der Waals surface area (Å²) in [5.41, 5.74) is 0. The van der Waals surface area contributed by atoms with Crippen LogP contribution in [-0.2, 0) is 4.74 Å². The van der Waals surface area contributed by atoms with Gasteiger partial charge in [-0.25, -0.2) is 0 Å². The van der Waals surface area contributed by atoms with E-state index in [1.807, 2.05) is 0 Å². The van der Waals surface area contributed by atoms with Crippen molar-refractivity contribution in [2.24, 2.45) is 11.8 Å². The summed E-state index contributed by atoms with van der Waals surface area (Å²) in [7, 11) is 0. The van der Waals surface area contributed by atoms with Gasteiger partial charge in [0.25, 0.3) is 0 Å². The second-order valence-corrected chi connectivity index (χ2v) is 5.92. The molecule has 3 nitrogen and oxygen atoms in total. The van der Waals surface area contributed by atoms with Gasteiger partial charge in [-0.05, 0) is 32.1 Å². The van der Waals surface area contributed by atoms with Crippen LogP contribution in [0.3, 0.4) is 0 Å². The van der Waals surface area contributed by atoms with Crippen molar-refractivity contribution in [3.63, 3.8) is 0 Å². The third-order valence-electron chi connectivity index (χ3n) is 3.36. The van der Waals surface area contributed by atoms with Crippen LogP contribution in [0.2, 0.25) is 0 Å². The minimum absolute atomic E-state index is 0.647. The summed E-state index contributed by atoms with van der Waals surface area (Å²) >= 11 is 0. The second-order valence-electron chi connectivity index (χ2n) is 5.92. The third-order valence-corrected chi connectivity index (χ3v) is 3.36. The van der Waals surface area contributed by atoms with E-state index in [2.05, 4.69) is 37.9 Å². The van der Waals surface area contributed by atoms with E-state index in [9.17, 15) is 0 Å². The fourth-order valence-corrected chi connectivity index (χ4v) is 2.30. The normalized spacial score (nSPS) is 21.0. The van der Waals surface area contributed by atoms with Gasteiger partial charge in [0.15, 0.2) is 0 Å². The van der Waals surface area contributed by atoms with Gasteiger partial charge in [0.1, 0.15) is 0 Å². The van der Waals surface area contributed by atoms with Gasteiger partial charge < -0.3 is 10.1 Å². The number of rotatable bonds is 8. The zero-order valence-electron chi connectivity index (χ0n) is 12.0. The molecular weight excluding hydrogens is 212 g/mol. The quantitative estimate of drug-likeness (QED) is 0.659. The SMILES string of the molecule is CC(C)CN(CCNCC1CCOC1)C(C)C. The van der Waals surface area contributed by atoms with E-state index in [1.54, 1.807) is 0 Å². The highest BCUT2D eigenvalue weighted by Gasteiger charge is 2.15. The molecule has 1 unspecified atom stereocenters. The molecule has 1 rings (SSSR count). The van der Waals surface area contributed by atoms with Crippen molar-refractivity contribution < 1.29 is 4.74 Å². The molecule has 1 heterocycles. The number of nitrogens with one attached hydrogen (secondary N) is 1. The van der Waals surface area contributed by atoms with Crippen LogP contribution in [0.5, 0.6) is 0 Å². The van der Waals surface area contributed by atoms with Gasteiger partial charge in [-0.1, -0.05) is 13.8 Å². The molecule has 1 fully saturated rings. The second kappa shape index (κ2) is 8.06. The summed E-state index contributed by atoms with van der Waals surface area (Å²) in [5, 5.41) is 3.56. The predicted molar refractivity (Wildman–Crippen MR) is 73.3 cm³/mol. The van der Waals surface area contributed by atoms with Gasteiger partial charge in [-0.15, -0.1) is 0 Å². The van der Waals surface area contributed by atoms with E-state index in [-0.39, 0.29) is 0 Å². The van der Waals surface area contributed by atoms with E-state index in [1.165, 1.54) is 13.0 Å². The first-order chi connectivity index (χ1) is 8.09. The summed E-state index contributed by atoms with van der Waals surface area (Å²) in [5.74, 6) is 1.49. The number of ether oxygens (including phenoxy) is 1. The van der Waals surface area contributed by atoms with E-state index in [4.69, 9.17) is 4.74 Å². The van der Waals surface area contributed by atoms with Crippen LogP contribution >= 0.6 is 0 Å². The Hall–Kier alpha value is -0.120. The summed E-state index contributed by atoms with van der Waals surface area (Å²) in [6.07, 6.45) is 1.23. The van der Waals surface area contributed by atoms with Crippen LogP contribution < -0.4 is 5.32 Å². The first-order valence-corrected chi connectivity index (χ1v) is 7.12. The summed E-state index contributed by atoms with van der Waals surface area (Å²) in [4.78, 5) is 2.56. The first kappa shape index (κ1) is 14.9. The molecule has 0 aromatic carbocycles. The highest BCUT2D eigenvalue weighted by Crippen LogP contribution is 2.10. The molecular formula is C14H30N2O. The van der Waals surface area contributed by atoms with Crippen LogP contribution in [-0.4, -0.2) is 50.3 Å². The van der Waals surface area contributed by atoms with Gasteiger partial charge in [-0.3, -0.25) is 4.90 Å². The van der Waals surface area contributed by atoms with Crippen molar-refractivity contribution in [3.05, 3.63) is 0 Å². The monoisotopic (exact) mass is 242 g/mol. The third kappa shape index (κ3) is 6.39. The maximum atomic E-state index is 5.38. The standard InChI is InChI=1S/C14H30N2O/c1-12(2)10-16(13(3)4)7-6-15-9-14-5-8-17-11-14/h12-15H,5-11H2,1-4H3. The van der Waals surface area contributed by atoms with Crippen LogP contribution in [0, 0.1) is 11.8 Å². The molecule has 1 saturated heterocycles. The molecule has 0 saturated carbocycles. The molecule has 1 atom stereocenters. The fraction of sp³-hybridized carbons (Fsp3) is 1.00. The average molecular weight is 242 g/mol. The van der Waals surface area contributed by atoms with Crippen molar-refractivity contribution >= 4 is 0 Å². The Balaban J connectivity index is 2.09. The summed E-state index contributed by atoms with van der Waals surface area (Å²) in [6, 6.07) is 0.647. The number of nitrogens with zero attached hydrogens (tertiary/aromatic N) is 1. The highest BCUT2D eigenvalue weighted by molar-refractivity contribution is 4.69. The molecule has 1 N–H and O–H groups in total.